The van der Waals surface area contributed by atoms with Crippen LogP contribution in [0.4, 0.5) is 14.2 Å². The third-order valence-corrected chi connectivity index (χ3v) is 6.87. The van der Waals surface area contributed by atoms with Crippen LogP contribution < -0.4 is 5.32 Å². The van der Waals surface area contributed by atoms with Crippen molar-refractivity contribution in [2.75, 3.05) is 30.8 Å². The predicted molar refractivity (Wildman–Crippen MR) is 122 cm³/mol. The highest BCUT2D eigenvalue weighted by molar-refractivity contribution is 7.99. The van der Waals surface area contributed by atoms with Gasteiger partial charge in [0.25, 0.3) is 0 Å². The van der Waals surface area contributed by atoms with E-state index in [-0.39, 0.29) is 31.4 Å². The molecular formula is C22H25FN2O5S2. The van der Waals surface area contributed by atoms with E-state index in [2.05, 4.69) is 5.32 Å². The van der Waals surface area contributed by atoms with Gasteiger partial charge in [0.2, 0.25) is 5.91 Å². The summed E-state index contributed by atoms with van der Waals surface area (Å²) >= 11 is 2.73. The van der Waals surface area contributed by atoms with Gasteiger partial charge in [-0.3, -0.25) is 4.79 Å². The largest absolute Gasteiger partial charge is 0.462 e. The number of rotatable bonds is 8. The molecule has 1 aliphatic heterocycles. The van der Waals surface area contributed by atoms with Crippen molar-refractivity contribution in [1.82, 2.24) is 4.90 Å². The number of amides is 2. The van der Waals surface area contributed by atoms with Crippen LogP contribution in [0, 0.1) is 5.82 Å². The normalized spacial score (nSPS) is 12.8. The Morgan fingerprint density at radius 1 is 1.16 bits per heavy atom. The molecule has 0 bridgehead atoms. The SMILES string of the molecule is CCOC(=O)c1c(NC(=O)CCSc2ccc(F)cc2)sc2c1CCN(C(=O)OCC)C2. The Bertz CT molecular complexity index is 977. The summed E-state index contributed by atoms with van der Waals surface area (Å²) in [7, 11) is 0. The number of carbonyl (C=O) groups excluding carboxylic acids is 3. The first kappa shape index (κ1) is 24.1. The molecule has 1 aromatic heterocycles. The molecule has 1 N–H and O–H groups in total. The molecule has 0 radical (unpaired) electrons. The summed E-state index contributed by atoms with van der Waals surface area (Å²) in [6.07, 6.45) is 0.310. The quantitative estimate of drug-likeness (QED) is 0.436. The summed E-state index contributed by atoms with van der Waals surface area (Å²) in [5.41, 5.74) is 1.18. The summed E-state index contributed by atoms with van der Waals surface area (Å²) < 4.78 is 23.3. The van der Waals surface area contributed by atoms with Crippen LogP contribution in [-0.4, -0.2) is 48.4 Å². The number of esters is 1. The van der Waals surface area contributed by atoms with Crippen LogP contribution in [0.1, 0.15) is 41.1 Å². The average Bonchev–Trinajstić information content (AvgIpc) is 3.12. The molecule has 0 fully saturated rings. The highest BCUT2D eigenvalue weighted by Crippen LogP contribution is 2.38. The van der Waals surface area contributed by atoms with Crippen molar-refractivity contribution in [2.45, 2.75) is 38.1 Å². The van der Waals surface area contributed by atoms with E-state index >= 15 is 0 Å². The minimum absolute atomic E-state index is 0.222. The topological polar surface area (TPSA) is 84.9 Å². The van der Waals surface area contributed by atoms with Gasteiger partial charge < -0.3 is 19.7 Å². The number of thiophene rings is 1. The molecule has 7 nitrogen and oxygen atoms in total. The maximum atomic E-state index is 13.0. The summed E-state index contributed by atoms with van der Waals surface area (Å²) in [4.78, 5) is 40.5. The fourth-order valence-corrected chi connectivity index (χ4v) is 5.38. The number of halogens is 1. The van der Waals surface area contributed by atoms with Gasteiger partial charge in [-0.1, -0.05) is 0 Å². The van der Waals surface area contributed by atoms with Gasteiger partial charge >= 0.3 is 12.1 Å². The Kier molecular flexibility index (Phi) is 8.52. The smallest absolute Gasteiger partial charge is 0.410 e. The number of carbonyl (C=O) groups is 3. The molecule has 0 aliphatic carbocycles. The third kappa shape index (κ3) is 6.01. The van der Waals surface area contributed by atoms with Gasteiger partial charge in [0.1, 0.15) is 10.8 Å². The molecule has 32 heavy (non-hydrogen) atoms. The van der Waals surface area contributed by atoms with Gasteiger partial charge in [-0.25, -0.2) is 14.0 Å². The molecule has 2 heterocycles. The van der Waals surface area contributed by atoms with Crippen LogP contribution in [0.3, 0.4) is 0 Å². The zero-order chi connectivity index (χ0) is 23.1. The van der Waals surface area contributed by atoms with Crippen molar-refractivity contribution >= 4 is 46.1 Å². The van der Waals surface area contributed by atoms with Gasteiger partial charge in [0.15, 0.2) is 0 Å². The first-order valence-corrected chi connectivity index (χ1v) is 12.1. The Morgan fingerprint density at radius 3 is 2.56 bits per heavy atom. The fraction of sp³-hybridized carbons (Fsp3) is 0.409. The molecule has 0 spiro atoms. The number of nitrogens with one attached hydrogen (secondary N) is 1. The van der Waals surface area contributed by atoms with E-state index in [4.69, 9.17) is 9.47 Å². The summed E-state index contributed by atoms with van der Waals surface area (Å²) in [6.45, 7) is 4.74. The summed E-state index contributed by atoms with van der Waals surface area (Å²) in [5.74, 6) is -0.508. The lowest BCUT2D eigenvalue weighted by Crippen LogP contribution is -2.36. The molecule has 1 aromatic carbocycles. The van der Waals surface area contributed by atoms with Gasteiger partial charge in [-0.15, -0.1) is 23.1 Å². The van der Waals surface area contributed by atoms with E-state index in [1.165, 1.54) is 35.2 Å². The van der Waals surface area contributed by atoms with E-state index in [9.17, 15) is 18.8 Å². The van der Waals surface area contributed by atoms with E-state index in [0.29, 0.717) is 35.8 Å². The van der Waals surface area contributed by atoms with Gasteiger partial charge in [0.05, 0.1) is 25.3 Å². The number of thioether (sulfide) groups is 1. The van der Waals surface area contributed by atoms with Crippen LogP contribution in [0.5, 0.6) is 0 Å². The predicted octanol–water partition coefficient (Wildman–Crippen LogP) is 4.70. The number of ether oxygens (including phenoxy) is 2. The number of hydrogen-bond donors (Lipinski definition) is 1. The van der Waals surface area contributed by atoms with Crippen LogP contribution in [-0.2, 0) is 27.2 Å². The molecule has 1 aliphatic rings. The highest BCUT2D eigenvalue weighted by atomic mass is 32.2. The lowest BCUT2D eigenvalue weighted by atomic mass is 10.0. The van der Waals surface area contributed by atoms with Crippen molar-refractivity contribution < 1.29 is 28.2 Å². The van der Waals surface area contributed by atoms with Crippen LogP contribution in [0.15, 0.2) is 29.2 Å². The Hall–Kier alpha value is -2.59. The van der Waals surface area contributed by atoms with Crippen molar-refractivity contribution in [3.05, 3.63) is 46.1 Å². The second-order valence-electron chi connectivity index (χ2n) is 6.90. The number of fused-ring (bicyclic) bond motifs is 1. The van der Waals surface area contributed by atoms with Crippen LogP contribution in [0.2, 0.25) is 0 Å². The van der Waals surface area contributed by atoms with Crippen molar-refractivity contribution in [3.63, 3.8) is 0 Å². The van der Waals surface area contributed by atoms with Crippen molar-refractivity contribution in [1.29, 1.82) is 0 Å². The molecule has 0 saturated carbocycles. The first-order valence-electron chi connectivity index (χ1n) is 10.3. The van der Waals surface area contributed by atoms with E-state index in [1.54, 1.807) is 30.9 Å². The number of benzene rings is 1. The Labute approximate surface area is 194 Å². The lowest BCUT2D eigenvalue weighted by molar-refractivity contribution is -0.115. The Balaban J connectivity index is 1.69. The molecule has 0 atom stereocenters. The summed E-state index contributed by atoms with van der Waals surface area (Å²) in [6, 6.07) is 6.09. The highest BCUT2D eigenvalue weighted by Gasteiger charge is 2.31. The zero-order valence-electron chi connectivity index (χ0n) is 17.9. The first-order chi connectivity index (χ1) is 15.4. The molecule has 3 rings (SSSR count). The molecule has 0 unspecified atom stereocenters. The van der Waals surface area contributed by atoms with E-state index < -0.39 is 12.1 Å². The average molecular weight is 481 g/mol. The number of nitrogens with zero attached hydrogens (tertiary/aromatic N) is 1. The van der Waals surface area contributed by atoms with E-state index in [1.807, 2.05) is 0 Å². The monoisotopic (exact) mass is 480 g/mol. The molecule has 172 valence electrons. The Morgan fingerprint density at radius 2 is 1.88 bits per heavy atom. The lowest BCUT2D eigenvalue weighted by Gasteiger charge is -2.26. The molecule has 10 heteroatoms. The number of hydrogen-bond acceptors (Lipinski definition) is 7. The van der Waals surface area contributed by atoms with Gasteiger partial charge in [0, 0.05) is 28.5 Å². The van der Waals surface area contributed by atoms with Gasteiger partial charge in [-0.05, 0) is 50.1 Å². The summed E-state index contributed by atoms with van der Waals surface area (Å²) in [5, 5.41) is 3.28. The van der Waals surface area contributed by atoms with Crippen molar-refractivity contribution in [3.8, 4) is 0 Å². The second-order valence-corrected chi connectivity index (χ2v) is 9.17. The molecule has 2 aromatic rings. The molecule has 2 amide bonds. The van der Waals surface area contributed by atoms with E-state index in [0.717, 1.165) is 15.3 Å². The standard InChI is InChI=1S/C22H25FN2O5S2/c1-3-29-21(27)19-16-9-11-25(22(28)30-4-2)13-17(16)32-20(19)24-18(26)10-12-31-15-7-5-14(23)6-8-15/h5-8H,3-4,9-13H2,1-2H3,(H,24,26). The minimum Gasteiger partial charge on any atom is -0.462 e. The van der Waals surface area contributed by atoms with Crippen LogP contribution >= 0.6 is 23.1 Å². The maximum Gasteiger partial charge on any atom is 0.410 e. The molecular weight excluding hydrogens is 455 g/mol. The minimum atomic E-state index is -0.481. The second kappa shape index (κ2) is 11.3. The van der Waals surface area contributed by atoms with Crippen LogP contribution in [0.25, 0.3) is 0 Å². The van der Waals surface area contributed by atoms with Gasteiger partial charge in [-0.2, -0.15) is 0 Å². The molecule has 0 saturated heterocycles. The number of anilines is 1. The zero-order valence-corrected chi connectivity index (χ0v) is 19.6. The fourth-order valence-electron chi connectivity index (χ4n) is 3.26. The third-order valence-electron chi connectivity index (χ3n) is 4.73. The maximum absolute atomic E-state index is 13.0. The van der Waals surface area contributed by atoms with Crippen molar-refractivity contribution in [2.24, 2.45) is 0 Å².